The number of phenolic OH excluding ortho intramolecular Hbond substituents is 1. The molecule has 1 N–H and O–H groups in total. The molecule has 0 aliphatic heterocycles. The average Bonchev–Trinajstić information content (AvgIpc) is 2.39. The van der Waals surface area contributed by atoms with E-state index in [0.29, 0.717) is 12.4 Å². The van der Waals surface area contributed by atoms with Crippen molar-refractivity contribution >= 4 is 10.8 Å². The molecule has 2 rings (SSSR count). The quantitative estimate of drug-likeness (QED) is 0.789. The Labute approximate surface area is 134 Å². The standard InChI is InChI=1S/C20H28O2/c1-8-22-16-12-15(20(5,6)7)18(21)17-13(16)10-9-11-14(17)19(2,3)4/h9-12,21H,8H2,1-7H3. The van der Waals surface area contributed by atoms with Crippen LogP contribution in [0.5, 0.6) is 11.5 Å². The first-order valence-electron chi connectivity index (χ1n) is 7.99. The van der Waals surface area contributed by atoms with Crippen LogP contribution in [-0.4, -0.2) is 11.7 Å². The molecule has 2 aromatic rings. The monoisotopic (exact) mass is 300 g/mol. The average molecular weight is 300 g/mol. The molecule has 0 spiro atoms. The van der Waals surface area contributed by atoms with Gasteiger partial charge in [0.1, 0.15) is 11.5 Å². The lowest BCUT2D eigenvalue weighted by atomic mass is 9.79. The molecular formula is C20H28O2. The third-order valence-electron chi connectivity index (χ3n) is 4.01. The van der Waals surface area contributed by atoms with E-state index in [1.807, 2.05) is 25.1 Å². The van der Waals surface area contributed by atoms with Gasteiger partial charge in [0.05, 0.1) is 6.61 Å². The molecule has 0 aliphatic carbocycles. The summed E-state index contributed by atoms with van der Waals surface area (Å²) in [6.07, 6.45) is 0. The highest BCUT2D eigenvalue weighted by molar-refractivity contribution is 5.97. The fraction of sp³-hybridized carbons (Fsp3) is 0.500. The van der Waals surface area contributed by atoms with E-state index in [2.05, 4.69) is 47.6 Å². The second-order valence-electron chi connectivity index (χ2n) is 7.93. The third kappa shape index (κ3) is 2.92. The molecule has 0 radical (unpaired) electrons. The molecule has 22 heavy (non-hydrogen) atoms. The second-order valence-corrected chi connectivity index (χ2v) is 7.93. The molecule has 120 valence electrons. The molecule has 2 nitrogen and oxygen atoms in total. The van der Waals surface area contributed by atoms with Gasteiger partial charge in [-0.15, -0.1) is 0 Å². The van der Waals surface area contributed by atoms with Gasteiger partial charge in [0.2, 0.25) is 0 Å². The van der Waals surface area contributed by atoms with Crippen molar-refractivity contribution in [2.75, 3.05) is 6.61 Å². The zero-order valence-corrected chi connectivity index (χ0v) is 14.9. The van der Waals surface area contributed by atoms with Crippen LogP contribution in [0.1, 0.15) is 59.6 Å². The minimum Gasteiger partial charge on any atom is -0.507 e. The van der Waals surface area contributed by atoms with Crippen molar-refractivity contribution in [1.29, 1.82) is 0 Å². The number of phenols is 1. The van der Waals surface area contributed by atoms with Gasteiger partial charge in [-0.1, -0.05) is 59.7 Å². The van der Waals surface area contributed by atoms with Crippen LogP contribution in [0.4, 0.5) is 0 Å². The summed E-state index contributed by atoms with van der Waals surface area (Å²) in [7, 11) is 0. The van der Waals surface area contributed by atoms with Gasteiger partial charge in [-0.3, -0.25) is 0 Å². The highest BCUT2D eigenvalue weighted by atomic mass is 16.5. The van der Waals surface area contributed by atoms with Crippen LogP contribution in [0.25, 0.3) is 10.8 Å². The Morgan fingerprint density at radius 3 is 2.05 bits per heavy atom. The van der Waals surface area contributed by atoms with Crippen LogP contribution in [0.2, 0.25) is 0 Å². The highest BCUT2D eigenvalue weighted by Gasteiger charge is 2.26. The molecule has 2 heteroatoms. The van der Waals surface area contributed by atoms with E-state index in [-0.39, 0.29) is 10.8 Å². The maximum absolute atomic E-state index is 11.0. The van der Waals surface area contributed by atoms with E-state index in [0.717, 1.165) is 27.6 Å². The first-order valence-corrected chi connectivity index (χ1v) is 7.99. The molecule has 2 aromatic carbocycles. The van der Waals surface area contributed by atoms with Crippen molar-refractivity contribution in [2.24, 2.45) is 0 Å². The predicted molar refractivity (Wildman–Crippen MR) is 94.2 cm³/mol. The number of rotatable bonds is 2. The number of fused-ring (bicyclic) bond motifs is 1. The lowest BCUT2D eigenvalue weighted by Crippen LogP contribution is -2.15. The second kappa shape index (κ2) is 5.49. The van der Waals surface area contributed by atoms with E-state index in [4.69, 9.17) is 4.74 Å². The smallest absolute Gasteiger partial charge is 0.127 e. The van der Waals surface area contributed by atoms with Gasteiger partial charge in [-0.2, -0.15) is 0 Å². The number of aromatic hydroxyl groups is 1. The summed E-state index contributed by atoms with van der Waals surface area (Å²) in [5.74, 6) is 1.24. The van der Waals surface area contributed by atoms with Crippen molar-refractivity contribution < 1.29 is 9.84 Å². The van der Waals surface area contributed by atoms with Gasteiger partial charge < -0.3 is 9.84 Å². The van der Waals surface area contributed by atoms with Crippen molar-refractivity contribution in [3.05, 3.63) is 35.4 Å². The molecule has 0 saturated heterocycles. The lowest BCUT2D eigenvalue weighted by Gasteiger charge is -2.27. The Bertz CT molecular complexity index is 685. The summed E-state index contributed by atoms with van der Waals surface area (Å²) in [6.45, 7) is 15.5. The minimum absolute atomic E-state index is 0.0447. The molecule has 0 aromatic heterocycles. The minimum atomic E-state index is -0.144. The van der Waals surface area contributed by atoms with Crippen LogP contribution in [0.15, 0.2) is 24.3 Å². The van der Waals surface area contributed by atoms with E-state index < -0.39 is 0 Å². The third-order valence-corrected chi connectivity index (χ3v) is 4.01. The zero-order chi connectivity index (χ0) is 16.7. The van der Waals surface area contributed by atoms with Crippen LogP contribution < -0.4 is 4.74 Å². The lowest BCUT2D eigenvalue weighted by molar-refractivity contribution is 0.342. The fourth-order valence-corrected chi connectivity index (χ4v) is 2.90. The zero-order valence-electron chi connectivity index (χ0n) is 14.9. The van der Waals surface area contributed by atoms with Gasteiger partial charge in [0.25, 0.3) is 0 Å². The van der Waals surface area contributed by atoms with Gasteiger partial charge in [-0.05, 0) is 29.4 Å². The van der Waals surface area contributed by atoms with Gasteiger partial charge in [-0.25, -0.2) is 0 Å². The van der Waals surface area contributed by atoms with Gasteiger partial charge in [0.15, 0.2) is 0 Å². The van der Waals surface area contributed by atoms with E-state index >= 15 is 0 Å². The summed E-state index contributed by atoms with van der Waals surface area (Å²) in [5.41, 5.74) is 1.89. The topological polar surface area (TPSA) is 29.5 Å². The Hall–Kier alpha value is -1.70. The first-order chi connectivity index (χ1) is 10.1. The first kappa shape index (κ1) is 16.7. The molecule has 0 unspecified atom stereocenters. The van der Waals surface area contributed by atoms with Crippen molar-refractivity contribution in [1.82, 2.24) is 0 Å². The van der Waals surface area contributed by atoms with E-state index in [1.54, 1.807) is 0 Å². The van der Waals surface area contributed by atoms with Crippen molar-refractivity contribution in [3.63, 3.8) is 0 Å². The van der Waals surface area contributed by atoms with Crippen molar-refractivity contribution in [2.45, 2.75) is 59.3 Å². The van der Waals surface area contributed by atoms with Crippen LogP contribution in [0, 0.1) is 0 Å². The summed E-state index contributed by atoms with van der Waals surface area (Å²) < 4.78 is 5.87. The summed E-state index contributed by atoms with van der Waals surface area (Å²) in [6, 6.07) is 8.17. The molecule has 0 fully saturated rings. The maximum Gasteiger partial charge on any atom is 0.127 e. The number of hydrogen-bond acceptors (Lipinski definition) is 2. The SMILES string of the molecule is CCOc1cc(C(C)(C)C)c(O)c2c(C(C)(C)C)cccc12. The Morgan fingerprint density at radius 1 is 0.955 bits per heavy atom. The summed E-state index contributed by atoms with van der Waals surface area (Å²) in [4.78, 5) is 0. The van der Waals surface area contributed by atoms with E-state index in [1.165, 1.54) is 0 Å². The summed E-state index contributed by atoms with van der Waals surface area (Å²) in [5, 5.41) is 12.9. The molecule has 0 bridgehead atoms. The maximum atomic E-state index is 11.0. The fourth-order valence-electron chi connectivity index (χ4n) is 2.90. The molecule has 0 atom stereocenters. The van der Waals surface area contributed by atoms with Crippen molar-refractivity contribution in [3.8, 4) is 11.5 Å². The number of benzene rings is 2. The van der Waals surface area contributed by atoms with Crippen LogP contribution in [0.3, 0.4) is 0 Å². The normalized spacial score (nSPS) is 12.7. The number of ether oxygens (including phenoxy) is 1. The molecule has 0 amide bonds. The Morgan fingerprint density at radius 2 is 1.55 bits per heavy atom. The summed E-state index contributed by atoms with van der Waals surface area (Å²) >= 11 is 0. The predicted octanol–water partition coefficient (Wildman–Crippen LogP) is 5.54. The molecule has 0 aliphatic rings. The largest absolute Gasteiger partial charge is 0.507 e. The Kier molecular flexibility index (Phi) is 4.16. The molecule has 0 saturated carbocycles. The van der Waals surface area contributed by atoms with Crippen LogP contribution in [-0.2, 0) is 10.8 Å². The molecule has 0 heterocycles. The highest BCUT2D eigenvalue weighted by Crippen LogP contribution is 2.45. The van der Waals surface area contributed by atoms with Crippen LogP contribution >= 0.6 is 0 Å². The van der Waals surface area contributed by atoms with E-state index in [9.17, 15) is 5.11 Å². The van der Waals surface area contributed by atoms with Gasteiger partial charge in [0, 0.05) is 16.3 Å². The Balaban J connectivity index is 2.96. The number of hydrogen-bond donors (Lipinski definition) is 1. The van der Waals surface area contributed by atoms with Gasteiger partial charge >= 0.3 is 0 Å². The molecular weight excluding hydrogens is 272 g/mol.